The fourth-order valence-electron chi connectivity index (χ4n) is 3.54. The summed E-state index contributed by atoms with van der Waals surface area (Å²) in [6.45, 7) is 1.12. The number of nitrogens with zero attached hydrogens (tertiary/aromatic N) is 4. The van der Waals surface area contributed by atoms with Crippen molar-refractivity contribution >= 4 is 21.6 Å². The normalized spacial score (nSPS) is 15.5. The van der Waals surface area contributed by atoms with Crippen LogP contribution in [0.5, 0.6) is 5.88 Å². The molecule has 0 spiro atoms. The van der Waals surface area contributed by atoms with Gasteiger partial charge < -0.3 is 10.1 Å². The first-order chi connectivity index (χ1) is 14.0. The van der Waals surface area contributed by atoms with Gasteiger partial charge in [0, 0.05) is 12.6 Å². The molecule has 0 radical (unpaired) electrons. The highest BCUT2D eigenvalue weighted by Gasteiger charge is 2.15. The molecule has 1 aliphatic carbocycles. The third kappa shape index (κ3) is 4.83. The van der Waals surface area contributed by atoms with Crippen molar-refractivity contribution in [2.75, 3.05) is 11.9 Å². The van der Waals surface area contributed by atoms with Crippen LogP contribution in [-0.4, -0.2) is 34.6 Å². The molecule has 3 aromatic rings. The Labute approximate surface area is 169 Å². The summed E-state index contributed by atoms with van der Waals surface area (Å²) < 4.78 is 30.3. The second-order valence-corrected chi connectivity index (χ2v) is 8.87. The summed E-state index contributed by atoms with van der Waals surface area (Å²) in [5.41, 5.74) is 0.896. The summed E-state index contributed by atoms with van der Waals surface area (Å²) in [4.78, 5) is 8.67. The fraction of sp³-hybridized carbons (Fsp3) is 0.421. The molecular weight excluding hydrogens is 392 g/mol. The number of fused-ring (bicyclic) bond motifs is 1. The van der Waals surface area contributed by atoms with Gasteiger partial charge in [0.15, 0.2) is 0 Å². The molecule has 3 N–H and O–H groups in total. The van der Waals surface area contributed by atoms with E-state index in [0.29, 0.717) is 36.5 Å². The van der Waals surface area contributed by atoms with Crippen LogP contribution in [0.2, 0.25) is 0 Å². The molecule has 1 fully saturated rings. The van der Waals surface area contributed by atoms with Gasteiger partial charge in [0.25, 0.3) is 5.78 Å². The lowest BCUT2D eigenvalue weighted by Gasteiger charge is -2.21. The number of benzene rings is 1. The molecule has 9 nitrogen and oxygen atoms in total. The predicted molar refractivity (Wildman–Crippen MR) is 108 cm³/mol. The predicted octanol–water partition coefficient (Wildman–Crippen LogP) is 2.34. The van der Waals surface area contributed by atoms with Gasteiger partial charge in [-0.25, -0.2) is 13.6 Å². The quantitative estimate of drug-likeness (QED) is 0.606. The first-order valence-corrected chi connectivity index (χ1v) is 11.2. The molecule has 2 heterocycles. The number of sulfonamides is 1. The Bertz CT molecular complexity index is 1080. The molecular formula is C19H24N6O3S. The van der Waals surface area contributed by atoms with Gasteiger partial charge >= 0.3 is 0 Å². The van der Waals surface area contributed by atoms with Gasteiger partial charge in [-0.15, -0.1) is 0 Å². The zero-order valence-corrected chi connectivity index (χ0v) is 16.8. The molecule has 0 saturated heterocycles. The van der Waals surface area contributed by atoms with Gasteiger partial charge in [0.1, 0.15) is 12.1 Å². The summed E-state index contributed by atoms with van der Waals surface area (Å²) in [7, 11) is -3.70. The molecule has 0 aliphatic heterocycles. The Morgan fingerprint density at radius 3 is 2.66 bits per heavy atom. The molecule has 1 saturated carbocycles. The number of rotatable bonds is 7. The highest BCUT2D eigenvalue weighted by atomic mass is 32.2. The van der Waals surface area contributed by atoms with Gasteiger partial charge in [-0.1, -0.05) is 31.4 Å². The van der Waals surface area contributed by atoms with E-state index in [1.165, 1.54) is 50.6 Å². The number of nitrogens with one attached hydrogen (secondary N) is 1. The van der Waals surface area contributed by atoms with Crippen molar-refractivity contribution in [2.24, 2.45) is 11.1 Å². The minimum Gasteiger partial charge on any atom is -0.477 e. The molecule has 2 aromatic heterocycles. The van der Waals surface area contributed by atoms with E-state index in [-0.39, 0.29) is 4.90 Å². The van der Waals surface area contributed by atoms with Crippen molar-refractivity contribution in [1.82, 2.24) is 19.6 Å². The smallest absolute Gasteiger partial charge is 0.257 e. The molecule has 0 unspecified atom stereocenters. The van der Waals surface area contributed by atoms with Crippen molar-refractivity contribution in [2.45, 2.75) is 43.5 Å². The molecule has 1 aromatic carbocycles. The van der Waals surface area contributed by atoms with Gasteiger partial charge in [0.05, 0.1) is 11.5 Å². The summed E-state index contributed by atoms with van der Waals surface area (Å²) in [6.07, 6.45) is 7.69. The van der Waals surface area contributed by atoms with Crippen LogP contribution >= 0.6 is 0 Å². The number of nitrogens with two attached hydrogens (primary N) is 1. The van der Waals surface area contributed by atoms with Crippen molar-refractivity contribution in [3.05, 3.63) is 42.2 Å². The van der Waals surface area contributed by atoms with E-state index in [0.717, 1.165) is 5.56 Å². The average Bonchev–Trinajstić information content (AvgIpc) is 3.20. The molecule has 10 heteroatoms. The molecule has 1 aliphatic rings. The lowest BCUT2D eigenvalue weighted by molar-refractivity contribution is 0.203. The maximum Gasteiger partial charge on any atom is 0.257 e. The van der Waals surface area contributed by atoms with Crippen LogP contribution in [0.3, 0.4) is 0 Å². The minimum atomic E-state index is -3.70. The zero-order valence-electron chi connectivity index (χ0n) is 16.0. The van der Waals surface area contributed by atoms with E-state index >= 15 is 0 Å². The largest absolute Gasteiger partial charge is 0.477 e. The minimum absolute atomic E-state index is 0.0854. The lowest BCUT2D eigenvalue weighted by Crippen LogP contribution is -2.16. The number of primary sulfonamides is 1. The molecule has 4 rings (SSSR count). The topological polar surface area (TPSA) is 124 Å². The van der Waals surface area contributed by atoms with Gasteiger partial charge in [-0.2, -0.15) is 19.6 Å². The Balaban J connectivity index is 1.46. The highest BCUT2D eigenvalue weighted by Crippen LogP contribution is 2.25. The molecule has 0 atom stereocenters. The first kappa shape index (κ1) is 19.6. The van der Waals surface area contributed by atoms with Crippen molar-refractivity contribution in [3.63, 3.8) is 0 Å². The van der Waals surface area contributed by atoms with Gasteiger partial charge in [-0.3, -0.25) is 0 Å². The Hall–Kier alpha value is -2.72. The Morgan fingerprint density at radius 2 is 1.93 bits per heavy atom. The van der Waals surface area contributed by atoms with Crippen LogP contribution in [-0.2, 0) is 16.6 Å². The van der Waals surface area contributed by atoms with Crippen LogP contribution in [0.25, 0.3) is 5.78 Å². The van der Waals surface area contributed by atoms with E-state index in [2.05, 4.69) is 20.4 Å². The van der Waals surface area contributed by atoms with Crippen molar-refractivity contribution < 1.29 is 13.2 Å². The summed E-state index contributed by atoms with van der Waals surface area (Å²) in [6, 6.07) is 8.22. The van der Waals surface area contributed by atoms with Crippen LogP contribution in [0.4, 0.5) is 5.82 Å². The molecule has 154 valence electrons. The second-order valence-electron chi connectivity index (χ2n) is 7.31. The number of aromatic nitrogens is 4. The zero-order chi connectivity index (χ0) is 20.3. The van der Waals surface area contributed by atoms with Gasteiger partial charge in [-0.05, 0) is 36.5 Å². The summed E-state index contributed by atoms with van der Waals surface area (Å²) in [5.74, 6) is 2.25. The molecule has 0 amide bonds. The van der Waals surface area contributed by atoms with Crippen molar-refractivity contribution in [1.29, 1.82) is 0 Å². The molecule has 29 heavy (non-hydrogen) atoms. The standard InChI is InChI=1S/C19H24N6O3S/c20-29(26,27)16-8-6-14(7-9-16)11-21-17-10-18(24-19-22-13-23-25(17)19)28-12-15-4-2-1-3-5-15/h6-10,13,15,21H,1-5,11-12H2,(H2,20,26,27). The SMILES string of the molecule is NS(=O)(=O)c1ccc(CNc2cc(OCC3CCCCC3)nc3ncnn23)cc1. The average molecular weight is 417 g/mol. The number of ether oxygens (including phenoxy) is 1. The summed E-state index contributed by atoms with van der Waals surface area (Å²) in [5, 5.41) is 12.6. The third-order valence-corrected chi connectivity index (χ3v) is 6.07. The fourth-order valence-corrected chi connectivity index (χ4v) is 4.05. The number of hydrogen-bond acceptors (Lipinski definition) is 7. The van der Waals surface area contributed by atoms with Crippen LogP contribution < -0.4 is 15.2 Å². The van der Waals surface area contributed by atoms with Crippen LogP contribution in [0.15, 0.2) is 41.6 Å². The maximum absolute atomic E-state index is 11.4. The van der Waals surface area contributed by atoms with Gasteiger partial charge in [0.2, 0.25) is 15.9 Å². The summed E-state index contributed by atoms with van der Waals surface area (Å²) >= 11 is 0. The monoisotopic (exact) mass is 416 g/mol. The van der Waals surface area contributed by atoms with E-state index in [4.69, 9.17) is 9.88 Å². The maximum atomic E-state index is 11.4. The van der Waals surface area contributed by atoms with E-state index < -0.39 is 10.0 Å². The third-order valence-electron chi connectivity index (χ3n) is 5.15. The number of hydrogen-bond donors (Lipinski definition) is 2. The Kier molecular flexibility index (Phi) is 5.63. The van der Waals surface area contributed by atoms with E-state index in [1.807, 2.05) is 6.07 Å². The first-order valence-electron chi connectivity index (χ1n) is 9.68. The molecule has 0 bridgehead atoms. The Morgan fingerprint density at radius 1 is 1.17 bits per heavy atom. The van der Waals surface area contributed by atoms with Crippen molar-refractivity contribution in [3.8, 4) is 5.88 Å². The number of anilines is 1. The van der Waals surface area contributed by atoms with E-state index in [1.54, 1.807) is 16.6 Å². The highest BCUT2D eigenvalue weighted by molar-refractivity contribution is 7.89. The lowest BCUT2D eigenvalue weighted by atomic mass is 9.90. The second kappa shape index (κ2) is 8.34. The van der Waals surface area contributed by atoms with Crippen LogP contribution in [0.1, 0.15) is 37.7 Å². The van der Waals surface area contributed by atoms with Crippen LogP contribution in [0, 0.1) is 5.92 Å². The van der Waals surface area contributed by atoms with E-state index in [9.17, 15) is 8.42 Å².